The molecule has 0 radical (unpaired) electrons. The first-order valence-corrected chi connectivity index (χ1v) is 9.05. The number of amides is 1. The molecule has 21 heavy (non-hydrogen) atoms. The Hall–Kier alpha value is -0.960. The minimum atomic E-state index is -3.65. The SMILES string of the molecule is C[C@@H](NS(=O)(=O)c1cccs1)C(=O)N1CCOCC1(C)C. The number of carbonyl (C=O) groups is 1. The van der Waals surface area contributed by atoms with E-state index >= 15 is 0 Å². The van der Waals surface area contributed by atoms with E-state index in [4.69, 9.17) is 4.74 Å². The highest BCUT2D eigenvalue weighted by molar-refractivity contribution is 7.91. The number of hydrogen-bond acceptors (Lipinski definition) is 5. The molecule has 0 spiro atoms. The van der Waals surface area contributed by atoms with Gasteiger partial charge in [0, 0.05) is 6.54 Å². The molecule has 1 saturated heterocycles. The van der Waals surface area contributed by atoms with Gasteiger partial charge in [-0.05, 0) is 32.2 Å². The minimum Gasteiger partial charge on any atom is -0.377 e. The van der Waals surface area contributed by atoms with Gasteiger partial charge in [0.15, 0.2) is 0 Å². The van der Waals surface area contributed by atoms with Gasteiger partial charge >= 0.3 is 0 Å². The van der Waals surface area contributed by atoms with Crippen LogP contribution in [0.3, 0.4) is 0 Å². The molecule has 0 saturated carbocycles. The highest BCUT2D eigenvalue weighted by Crippen LogP contribution is 2.21. The first-order chi connectivity index (χ1) is 9.74. The molecule has 118 valence electrons. The number of morpholine rings is 1. The highest BCUT2D eigenvalue weighted by atomic mass is 32.2. The fraction of sp³-hybridized carbons (Fsp3) is 0.615. The number of sulfonamides is 1. The van der Waals surface area contributed by atoms with Crippen LogP contribution in [0, 0.1) is 0 Å². The highest BCUT2D eigenvalue weighted by Gasteiger charge is 2.37. The number of thiophene rings is 1. The van der Waals surface area contributed by atoms with Crippen molar-refractivity contribution in [2.75, 3.05) is 19.8 Å². The van der Waals surface area contributed by atoms with E-state index in [1.807, 2.05) is 13.8 Å². The maximum absolute atomic E-state index is 12.5. The molecule has 1 fully saturated rings. The zero-order chi connectivity index (χ0) is 15.7. The Morgan fingerprint density at radius 1 is 1.52 bits per heavy atom. The van der Waals surface area contributed by atoms with Crippen molar-refractivity contribution < 1.29 is 17.9 Å². The van der Waals surface area contributed by atoms with Crippen molar-refractivity contribution >= 4 is 27.3 Å². The van der Waals surface area contributed by atoms with Crippen molar-refractivity contribution in [2.24, 2.45) is 0 Å². The average molecular weight is 332 g/mol. The standard InChI is InChI=1S/C13H20N2O4S2/c1-10(14-21(17,18)11-5-4-8-20-11)12(16)15-6-7-19-9-13(15,2)3/h4-5,8,10,14H,6-7,9H2,1-3H3/t10-/m1/s1. The summed E-state index contributed by atoms with van der Waals surface area (Å²) < 4.78 is 32.3. The Labute approximate surface area is 129 Å². The lowest BCUT2D eigenvalue weighted by Crippen LogP contribution is -2.59. The molecule has 1 atom stereocenters. The topological polar surface area (TPSA) is 75.7 Å². The summed E-state index contributed by atoms with van der Waals surface area (Å²) in [7, 11) is -3.65. The lowest BCUT2D eigenvalue weighted by molar-refractivity contribution is -0.147. The quantitative estimate of drug-likeness (QED) is 0.894. The van der Waals surface area contributed by atoms with E-state index in [0.717, 1.165) is 11.3 Å². The van der Waals surface area contributed by atoms with Gasteiger partial charge in [-0.1, -0.05) is 6.07 Å². The average Bonchev–Trinajstić information content (AvgIpc) is 2.91. The van der Waals surface area contributed by atoms with Crippen molar-refractivity contribution in [3.63, 3.8) is 0 Å². The monoisotopic (exact) mass is 332 g/mol. The summed E-state index contributed by atoms with van der Waals surface area (Å²) in [6.07, 6.45) is 0. The van der Waals surface area contributed by atoms with Gasteiger partial charge < -0.3 is 9.64 Å². The molecule has 1 aromatic heterocycles. The lowest BCUT2D eigenvalue weighted by Gasteiger charge is -2.43. The van der Waals surface area contributed by atoms with Crippen LogP contribution >= 0.6 is 11.3 Å². The Morgan fingerprint density at radius 3 is 2.81 bits per heavy atom. The maximum Gasteiger partial charge on any atom is 0.250 e. The summed E-state index contributed by atoms with van der Waals surface area (Å²) in [6, 6.07) is 2.37. The predicted octanol–water partition coefficient (Wildman–Crippen LogP) is 1.05. The van der Waals surface area contributed by atoms with E-state index in [0.29, 0.717) is 19.8 Å². The zero-order valence-corrected chi connectivity index (χ0v) is 14.0. The minimum absolute atomic E-state index is 0.211. The zero-order valence-electron chi connectivity index (χ0n) is 12.3. The molecule has 1 aromatic rings. The predicted molar refractivity (Wildman–Crippen MR) is 80.7 cm³/mol. The van der Waals surface area contributed by atoms with Crippen molar-refractivity contribution in [2.45, 2.75) is 36.6 Å². The molecular formula is C13H20N2O4S2. The normalized spacial score (nSPS) is 20.2. The Morgan fingerprint density at radius 2 is 2.24 bits per heavy atom. The smallest absolute Gasteiger partial charge is 0.250 e. The van der Waals surface area contributed by atoms with Crippen LogP contribution in [0.15, 0.2) is 21.7 Å². The summed E-state index contributed by atoms with van der Waals surface area (Å²) in [6.45, 7) is 6.77. The van der Waals surface area contributed by atoms with Crippen LogP contribution in [0.1, 0.15) is 20.8 Å². The first kappa shape index (κ1) is 16.4. The van der Waals surface area contributed by atoms with E-state index in [2.05, 4.69) is 4.72 Å². The van der Waals surface area contributed by atoms with Gasteiger partial charge in [0.05, 0.1) is 24.8 Å². The molecule has 1 N–H and O–H groups in total. The van der Waals surface area contributed by atoms with E-state index in [1.165, 1.54) is 6.07 Å². The molecule has 1 amide bonds. The van der Waals surface area contributed by atoms with Gasteiger partial charge in [0.25, 0.3) is 10.0 Å². The third-order valence-corrected chi connectivity index (χ3v) is 6.31. The molecule has 0 aliphatic carbocycles. The molecule has 6 nitrogen and oxygen atoms in total. The van der Waals surface area contributed by atoms with Gasteiger partial charge in [-0.2, -0.15) is 4.72 Å². The molecule has 2 rings (SSSR count). The van der Waals surface area contributed by atoms with E-state index in [-0.39, 0.29) is 10.1 Å². The van der Waals surface area contributed by atoms with Gasteiger partial charge in [-0.25, -0.2) is 8.42 Å². The van der Waals surface area contributed by atoms with Crippen LogP contribution in [0.5, 0.6) is 0 Å². The van der Waals surface area contributed by atoms with Crippen LogP contribution in [0.4, 0.5) is 0 Å². The molecule has 1 aliphatic rings. The third-order valence-electron chi connectivity index (χ3n) is 3.37. The van der Waals surface area contributed by atoms with E-state index in [1.54, 1.807) is 23.3 Å². The van der Waals surface area contributed by atoms with Crippen LogP contribution in [-0.2, 0) is 19.6 Å². The van der Waals surface area contributed by atoms with Gasteiger partial charge in [-0.3, -0.25) is 4.79 Å². The molecule has 0 unspecified atom stereocenters. The fourth-order valence-corrected chi connectivity index (χ4v) is 4.46. The fourth-order valence-electron chi connectivity index (χ4n) is 2.26. The third kappa shape index (κ3) is 3.63. The summed E-state index contributed by atoms with van der Waals surface area (Å²) in [5.41, 5.74) is -0.433. The number of nitrogens with one attached hydrogen (secondary N) is 1. The van der Waals surface area contributed by atoms with Crippen molar-refractivity contribution in [1.82, 2.24) is 9.62 Å². The lowest BCUT2D eigenvalue weighted by atomic mass is 10.0. The van der Waals surface area contributed by atoms with Gasteiger partial charge in [-0.15, -0.1) is 11.3 Å². The van der Waals surface area contributed by atoms with Crippen LogP contribution < -0.4 is 4.72 Å². The first-order valence-electron chi connectivity index (χ1n) is 6.69. The largest absolute Gasteiger partial charge is 0.377 e. The second-order valence-corrected chi connectivity index (χ2v) is 8.52. The second kappa shape index (κ2) is 6.04. The maximum atomic E-state index is 12.5. The Bertz CT molecular complexity index is 596. The van der Waals surface area contributed by atoms with E-state index < -0.39 is 21.6 Å². The summed E-state index contributed by atoms with van der Waals surface area (Å²) in [5, 5.41) is 1.69. The van der Waals surface area contributed by atoms with Crippen molar-refractivity contribution in [1.29, 1.82) is 0 Å². The molecule has 1 aliphatic heterocycles. The number of nitrogens with zero attached hydrogens (tertiary/aromatic N) is 1. The Kier molecular flexibility index (Phi) is 4.72. The summed E-state index contributed by atoms with van der Waals surface area (Å²) in [4.78, 5) is 14.2. The number of ether oxygens (including phenoxy) is 1. The van der Waals surface area contributed by atoms with Crippen LogP contribution in [-0.4, -0.2) is 50.6 Å². The van der Waals surface area contributed by atoms with Gasteiger partial charge in [0.2, 0.25) is 5.91 Å². The van der Waals surface area contributed by atoms with Crippen LogP contribution in [0.25, 0.3) is 0 Å². The van der Waals surface area contributed by atoms with Gasteiger partial charge in [0.1, 0.15) is 4.21 Å². The molecule has 8 heteroatoms. The van der Waals surface area contributed by atoms with Crippen molar-refractivity contribution in [3.05, 3.63) is 17.5 Å². The van der Waals surface area contributed by atoms with Crippen LogP contribution in [0.2, 0.25) is 0 Å². The number of carbonyl (C=O) groups excluding carboxylic acids is 1. The number of rotatable bonds is 4. The molecule has 2 heterocycles. The van der Waals surface area contributed by atoms with E-state index in [9.17, 15) is 13.2 Å². The summed E-state index contributed by atoms with van der Waals surface area (Å²) in [5.74, 6) is -0.233. The Balaban J connectivity index is 2.09. The van der Waals surface area contributed by atoms with Crippen molar-refractivity contribution in [3.8, 4) is 0 Å². The second-order valence-electron chi connectivity index (χ2n) is 5.63. The summed E-state index contributed by atoms with van der Waals surface area (Å²) >= 11 is 1.12. The molecule has 0 bridgehead atoms. The molecular weight excluding hydrogens is 312 g/mol. The molecule has 0 aromatic carbocycles. The number of hydrogen-bond donors (Lipinski definition) is 1.